The van der Waals surface area contributed by atoms with Gasteiger partial charge in [0, 0.05) is 0 Å². The second-order valence-corrected chi connectivity index (χ2v) is 14.2. The topological polar surface area (TPSA) is 0 Å². The minimum absolute atomic E-state index is 0. The molecule has 0 radical (unpaired) electrons. The first-order valence-electron chi connectivity index (χ1n) is 11.1. The van der Waals surface area contributed by atoms with E-state index >= 15 is 0 Å². The molecule has 1 unspecified atom stereocenters. The third-order valence-electron chi connectivity index (χ3n) is 7.57. The molecule has 0 N–H and O–H groups in total. The fourth-order valence-electron chi connectivity index (χ4n) is 5.81. The zero-order valence-corrected chi connectivity index (χ0v) is 25.5. The van der Waals surface area contributed by atoms with Gasteiger partial charge >= 0.3 is 201 Å². The van der Waals surface area contributed by atoms with Gasteiger partial charge in [0.05, 0.1) is 0 Å². The molecule has 0 saturated heterocycles. The summed E-state index contributed by atoms with van der Waals surface area (Å²) in [6.07, 6.45) is 0. The molecular weight excluding hydrogens is 531 g/mol. The van der Waals surface area contributed by atoms with Crippen molar-refractivity contribution in [1.29, 1.82) is 0 Å². The Bertz CT molecular complexity index is 1120. The summed E-state index contributed by atoms with van der Waals surface area (Å²) in [4.78, 5) is 0. The average Bonchev–Trinajstić information content (AvgIpc) is 2.91. The number of halogens is 3. The SMILES string of the molecule is CC1=C(C)C(C)([Si](c2ccccc2)(c2ccccc2)c2cc(C)cc(C)c2)[C]([Ti+3])=C1C.[Cl-].[Cl-].[Cl-]. The molecule has 0 heterocycles. The maximum Gasteiger partial charge on any atom is -1.00 e. The maximum atomic E-state index is 2.53. The van der Waals surface area contributed by atoms with E-state index < -0.39 is 8.07 Å². The van der Waals surface area contributed by atoms with Gasteiger partial charge in [-0.15, -0.1) is 0 Å². The molecule has 0 fully saturated rings. The summed E-state index contributed by atoms with van der Waals surface area (Å²) in [6, 6.07) is 29.9. The quantitative estimate of drug-likeness (QED) is 0.232. The van der Waals surface area contributed by atoms with Gasteiger partial charge < -0.3 is 37.2 Å². The van der Waals surface area contributed by atoms with Crippen molar-refractivity contribution in [3.05, 3.63) is 111 Å². The van der Waals surface area contributed by atoms with Crippen LogP contribution in [-0.2, 0) is 20.4 Å². The van der Waals surface area contributed by atoms with Crippen molar-refractivity contribution in [2.75, 3.05) is 0 Å². The van der Waals surface area contributed by atoms with Crippen LogP contribution < -0.4 is 52.8 Å². The van der Waals surface area contributed by atoms with Crippen LogP contribution >= 0.6 is 0 Å². The summed E-state index contributed by atoms with van der Waals surface area (Å²) in [5, 5.41) is 4.43. The van der Waals surface area contributed by atoms with Gasteiger partial charge in [-0.05, 0) is 0 Å². The van der Waals surface area contributed by atoms with E-state index in [0.717, 1.165) is 0 Å². The van der Waals surface area contributed by atoms with E-state index in [1.165, 1.54) is 47.3 Å². The van der Waals surface area contributed by atoms with Gasteiger partial charge in [0.2, 0.25) is 0 Å². The Morgan fingerprint density at radius 1 is 0.588 bits per heavy atom. The van der Waals surface area contributed by atoms with Crippen molar-refractivity contribution < 1.29 is 57.7 Å². The molecule has 0 nitrogen and oxygen atoms in total. The first kappa shape index (κ1) is 31.0. The Kier molecular flexibility index (Phi) is 10.7. The van der Waals surface area contributed by atoms with Gasteiger partial charge in [0.1, 0.15) is 0 Å². The van der Waals surface area contributed by atoms with E-state index in [-0.39, 0.29) is 42.3 Å². The Morgan fingerprint density at radius 2 is 1.00 bits per heavy atom. The summed E-state index contributed by atoms with van der Waals surface area (Å²) in [7, 11) is -2.50. The van der Waals surface area contributed by atoms with E-state index in [2.05, 4.69) is 141 Å². The Hall–Kier alpha value is -1.06. The van der Waals surface area contributed by atoms with Gasteiger partial charge in [-0.2, -0.15) is 0 Å². The predicted octanol–water partition coefficient (Wildman–Crippen LogP) is -3.28. The van der Waals surface area contributed by atoms with Gasteiger partial charge in [0.15, 0.2) is 0 Å². The fraction of sp³-hybridized carbons (Fsp3) is 0.241. The largest absolute Gasteiger partial charge is 1.00 e. The van der Waals surface area contributed by atoms with Gasteiger partial charge in [-0.1, -0.05) is 0 Å². The van der Waals surface area contributed by atoms with E-state index in [4.69, 9.17) is 0 Å². The van der Waals surface area contributed by atoms with Crippen LogP contribution in [0.3, 0.4) is 0 Å². The Balaban J connectivity index is 0.00000193. The summed E-state index contributed by atoms with van der Waals surface area (Å²) < 4.78 is 1.53. The van der Waals surface area contributed by atoms with E-state index in [9.17, 15) is 0 Å². The first-order chi connectivity index (χ1) is 14.7. The molecule has 0 bridgehead atoms. The average molecular weight is 562 g/mol. The number of hydrogen-bond acceptors (Lipinski definition) is 0. The smallest absolute Gasteiger partial charge is 1.00 e. The molecule has 0 aromatic heterocycles. The van der Waals surface area contributed by atoms with Gasteiger partial charge in [-0.25, -0.2) is 0 Å². The maximum absolute atomic E-state index is 2.53. The Labute approximate surface area is 237 Å². The molecule has 0 amide bonds. The van der Waals surface area contributed by atoms with E-state index in [0.29, 0.717) is 0 Å². The number of rotatable bonds is 4. The Morgan fingerprint density at radius 3 is 1.35 bits per heavy atom. The molecule has 1 aliphatic carbocycles. The summed E-state index contributed by atoms with van der Waals surface area (Å²) in [5.74, 6) is 0. The van der Waals surface area contributed by atoms with Crippen molar-refractivity contribution in [3.8, 4) is 0 Å². The molecule has 3 aromatic rings. The van der Waals surface area contributed by atoms with Crippen LogP contribution in [0.2, 0.25) is 5.04 Å². The molecule has 34 heavy (non-hydrogen) atoms. The zero-order valence-electron chi connectivity index (χ0n) is 20.6. The predicted molar refractivity (Wildman–Crippen MR) is 133 cm³/mol. The van der Waals surface area contributed by atoms with Crippen LogP contribution in [0.25, 0.3) is 0 Å². The molecule has 3 aromatic carbocycles. The molecule has 0 aliphatic heterocycles. The second-order valence-electron chi connectivity index (χ2n) is 9.23. The third-order valence-corrected chi connectivity index (χ3v) is 15.0. The molecule has 1 atom stereocenters. The second kappa shape index (κ2) is 11.8. The van der Waals surface area contributed by atoms with Crippen LogP contribution in [-0.4, -0.2) is 8.07 Å². The monoisotopic (exact) mass is 560 g/mol. The normalized spacial score (nSPS) is 17.6. The standard InChI is InChI=1S/C29H31Si.3ClH.Ti/c1-21-17-22(2)19-28(18-21)30(26-13-9-7-10-14-26,27-15-11-8-12-16-27)29(6)20-23(3)24(4)25(29)5;;;;/h7-19H,1-6H3;3*1H;/q;;;;+3/p-3. The van der Waals surface area contributed by atoms with Crippen LogP contribution in [0.5, 0.6) is 0 Å². The van der Waals surface area contributed by atoms with Crippen molar-refractivity contribution in [2.24, 2.45) is 0 Å². The third kappa shape index (κ3) is 4.57. The molecule has 4 rings (SSSR count). The van der Waals surface area contributed by atoms with E-state index in [1.54, 1.807) is 0 Å². The van der Waals surface area contributed by atoms with Crippen molar-refractivity contribution >= 4 is 23.6 Å². The molecule has 0 spiro atoms. The van der Waals surface area contributed by atoms with Crippen LogP contribution in [0.15, 0.2) is 99.5 Å². The number of aryl methyl sites for hydroxylation is 2. The minimum Gasteiger partial charge on any atom is -1.00 e. The number of allylic oxidation sites excluding steroid dienone is 4. The number of benzene rings is 3. The van der Waals surface area contributed by atoms with Crippen LogP contribution in [0, 0.1) is 13.8 Å². The van der Waals surface area contributed by atoms with Crippen molar-refractivity contribution in [3.63, 3.8) is 0 Å². The van der Waals surface area contributed by atoms with Gasteiger partial charge in [-0.3, -0.25) is 0 Å². The first-order valence-corrected chi connectivity index (χ1v) is 13.8. The summed E-state index contributed by atoms with van der Waals surface area (Å²) in [6.45, 7) is 14.0. The van der Waals surface area contributed by atoms with Crippen LogP contribution in [0.4, 0.5) is 0 Å². The minimum atomic E-state index is -2.50. The van der Waals surface area contributed by atoms with Crippen molar-refractivity contribution in [2.45, 2.75) is 46.6 Å². The summed E-state index contributed by atoms with van der Waals surface area (Å²) >= 11 is 2.38. The van der Waals surface area contributed by atoms with Gasteiger partial charge in [0.25, 0.3) is 0 Å². The number of hydrogen-bond donors (Lipinski definition) is 0. The molecule has 176 valence electrons. The molecular formula is C29H31Cl3SiTi. The molecule has 0 saturated carbocycles. The van der Waals surface area contributed by atoms with E-state index in [1.807, 2.05) is 0 Å². The summed E-state index contributed by atoms with van der Waals surface area (Å²) in [5.41, 5.74) is 7.15. The zero-order chi connectivity index (χ0) is 22.4. The molecule has 1 aliphatic rings. The van der Waals surface area contributed by atoms with Crippen molar-refractivity contribution in [1.82, 2.24) is 0 Å². The fourth-order valence-corrected chi connectivity index (χ4v) is 13.6. The molecule has 5 heteroatoms. The van der Waals surface area contributed by atoms with Crippen LogP contribution in [0.1, 0.15) is 38.8 Å².